The van der Waals surface area contributed by atoms with Gasteiger partial charge in [-0.15, -0.1) is 0 Å². The molecule has 1 saturated heterocycles. The number of anilines is 1. The van der Waals surface area contributed by atoms with Crippen molar-refractivity contribution in [1.82, 2.24) is 4.98 Å². The minimum atomic E-state index is -0.00665. The zero-order chi connectivity index (χ0) is 12.3. The van der Waals surface area contributed by atoms with E-state index in [4.69, 9.17) is 21.7 Å². The van der Waals surface area contributed by atoms with E-state index in [0.717, 1.165) is 31.6 Å². The Kier molecular flexibility index (Phi) is 4.36. The van der Waals surface area contributed by atoms with Gasteiger partial charge in [-0.3, -0.25) is 5.41 Å². The first kappa shape index (κ1) is 12.8. The highest BCUT2D eigenvalue weighted by molar-refractivity contribution is 9.18. The molecule has 1 aromatic heterocycles. The highest BCUT2D eigenvalue weighted by atomic mass is 79.9. The van der Waals surface area contributed by atoms with Crippen LogP contribution in [0.15, 0.2) is 12.3 Å². The average Bonchev–Trinajstić information content (AvgIpc) is 2.30. The van der Waals surface area contributed by atoms with Crippen molar-refractivity contribution < 1.29 is 4.74 Å². The number of hydrogen-bond acceptors (Lipinski definition) is 4. The maximum absolute atomic E-state index is 7.65. The van der Waals surface area contributed by atoms with Crippen molar-refractivity contribution in [3.05, 3.63) is 23.0 Å². The normalized spacial score (nSPS) is 20.0. The molecule has 1 aromatic rings. The molecule has 0 aromatic carbocycles. The minimum Gasteiger partial charge on any atom is -0.359 e. The fourth-order valence-corrected chi connectivity index (χ4v) is 2.56. The van der Waals surface area contributed by atoms with E-state index in [0.29, 0.717) is 10.7 Å². The van der Waals surface area contributed by atoms with Gasteiger partial charge in [0.15, 0.2) is 0 Å². The van der Waals surface area contributed by atoms with Crippen molar-refractivity contribution in [3.8, 4) is 0 Å². The van der Waals surface area contributed by atoms with Gasteiger partial charge < -0.3 is 10.1 Å². The number of aromatic nitrogens is 1. The number of pyridine rings is 1. The molecule has 1 aliphatic rings. The van der Waals surface area contributed by atoms with Crippen molar-refractivity contribution in [1.29, 1.82) is 5.41 Å². The summed E-state index contributed by atoms with van der Waals surface area (Å²) in [5.41, 5.74) is 1.35. The van der Waals surface area contributed by atoms with E-state index < -0.39 is 0 Å². The van der Waals surface area contributed by atoms with Gasteiger partial charge in [0, 0.05) is 12.8 Å². The topological polar surface area (TPSA) is 58.0 Å². The third kappa shape index (κ3) is 3.18. The van der Waals surface area contributed by atoms with Crippen molar-refractivity contribution in [2.75, 3.05) is 11.9 Å². The molecule has 0 amide bonds. The summed E-state index contributed by atoms with van der Waals surface area (Å²) in [5.74, 6) is 0. The Morgan fingerprint density at radius 3 is 3.06 bits per heavy atom. The van der Waals surface area contributed by atoms with Crippen molar-refractivity contribution >= 4 is 37.8 Å². The first-order valence-corrected chi connectivity index (χ1v) is 6.62. The molecule has 0 bridgehead atoms. The van der Waals surface area contributed by atoms with Crippen LogP contribution in [-0.4, -0.2) is 22.4 Å². The summed E-state index contributed by atoms with van der Waals surface area (Å²) in [6, 6.07) is 1.80. The van der Waals surface area contributed by atoms with Crippen LogP contribution in [0.4, 0.5) is 5.69 Å². The average molecular weight is 319 g/mol. The first-order valence-electron chi connectivity index (χ1n) is 5.45. The fraction of sp³-hybridized carbons (Fsp3) is 0.455. The van der Waals surface area contributed by atoms with E-state index in [1.54, 1.807) is 12.3 Å². The Morgan fingerprint density at radius 2 is 2.41 bits per heavy atom. The Hall–Kier alpha value is -0.650. The van der Waals surface area contributed by atoms with E-state index in [2.05, 4.69) is 26.2 Å². The second-order valence-corrected chi connectivity index (χ2v) is 4.99. The molecule has 92 valence electrons. The molecule has 0 spiro atoms. The third-order valence-corrected chi connectivity index (χ3v) is 3.30. The molecule has 6 heteroatoms. The van der Waals surface area contributed by atoms with Gasteiger partial charge in [0.05, 0.1) is 11.3 Å². The van der Waals surface area contributed by atoms with Crippen LogP contribution in [0.2, 0.25) is 5.15 Å². The van der Waals surface area contributed by atoms with Crippen LogP contribution in [0, 0.1) is 5.41 Å². The molecule has 1 atom stereocenters. The zero-order valence-corrected chi connectivity index (χ0v) is 11.5. The Balaban J connectivity index is 2.19. The summed E-state index contributed by atoms with van der Waals surface area (Å²) >= 11 is 9.11. The first-order chi connectivity index (χ1) is 8.18. The third-order valence-electron chi connectivity index (χ3n) is 2.62. The number of rotatable bonds is 3. The van der Waals surface area contributed by atoms with Gasteiger partial charge in [-0.1, -0.05) is 11.6 Å². The van der Waals surface area contributed by atoms with Gasteiger partial charge in [-0.2, -0.15) is 0 Å². The lowest BCUT2D eigenvalue weighted by Gasteiger charge is -2.25. The molecular weight excluding hydrogens is 305 g/mol. The smallest absolute Gasteiger partial charge is 0.141 e. The van der Waals surface area contributed by atoms with Crippen molar-refractivity contribution in [2.24, 2.45) is 0 Å². The highest BCUT2D eigenvalue weighted by Gasteiger charge is 2.17. The molecule has 0 saturated carbocycles. The number of hydrogen-bond donors (Lipinski definition) is 2. The van der Waals surface area contributed by atoms with E-state index in [1.165, 1.54) is 0 Å². The predicted octanol–water partition coefficient (Wildman–Crippen LogP) is 3.39. The standard InChI is InChI=1S/C11H13BrClN3O/c12-10(14)9-7(4-5-15-11(9)13)16-8-3-1-2-6-17-8/h4-5,8,14H,1-3,6H2,(H,15,16). The summed E-state index contributed by atoms with van der Waals surface area (Å²) in [4.78, 5) is 3.97. The van der Waals surface area contributed by atoms with E-state index in [1.807, 2.05) is 0 Å². The molecule has 0 aliphatic carbocycles. The SMILES string of the molecule is N=C(Br)c1c(NC2CCCCO2)ccnc1Cl. The Bertz CT molecular complexity index is 421. The number of halogens is 2. The number of ether oxygens (including phenoxy) is 1. The molecule has 0 radical (unpaired) electrons. The maximum Gasteiger partial charge on any atom is 0.141 e. The van der Waals surface area contributed by atoms with Gasteiger partial charge in [-0.05, 0) is 41.3 Å². The largest absolute Gasteiger partial charge is 0.359 e. The summed E-state index contributed by atoms with van der Waals surface area (Å²) in [6.07, 6.45) is 4.84. The van der Waals surface area contributed by atoms with E-state index >= 15 is 0 Å². The molecule has 2 N–H and O–H groups in total. The minimum absolute atomic E-state index is 0.00665. The predicted molar refractivity (Wildman–Crippen MR) is 72.2 cm³/mol. The summed E-state index contributed by atoms with van der Waals surface area (Å²) < 4.78 is 5.81. The molecule has 1 aliphatic heterocycles. The van der Waals surface area contributed by atoms with Crippen LogP contribution in [0.5, 0.6) is 0 Å². The zero-order valence-electron chi connectivity index (χ0n) is 9.17. The quantitative estimate of drug-likeness (QED) is 0.663. The number of nitrogens with one attached hydrogen (secondary N) is 2. The van der Waals surface area contributed by atoms with Crippen LogP contribution in [0.1, 0.15) is 24.8 Å². The summed E-state index contributed by atoms with van der Waals surface area (Å²) in [7, 11) is 0. The lowest BCUT2D eigenvalue weighted by Crippen LogP contribution is -2.27. The monoisotopic (exact) mass is 317 g/mol. The van der Waals surface area contributed by atoms with Crippen LogP contribution in [-0.2, 0) is 4.74 Å². The van der Waals surface area contributed by atoms with Crippen LogP contribution < -0.4 is 5.32 Å². The molecule has 4 nitrogen and oxygen atoms in total. The van der Waals surface area contributed by atoms with E-state index in [-0.39, 0.29) is 10.8 Å². The van der Waals surface area contributed by atoms with E-state index in [9.17, 15) is 0 Å². The van der Waals surface area contributed by atoms with Gasteiger partial charge in [0.1, 0.15) is 16.0 Å². The second kappa shape index (κ2) is 5.80. The van der Waals surface area contributed by atoms with Crippen LogP contribution in [0.25, 0.3) is 0 Å². The van der Waals surface area contributed by atoms with Crippen LogP contribution in [0.3, 0.4) is 0 Å². The fourth-order valence-electron chi connectivity index (χ4n) is 1.79. The van der Waals surface area contributed by atoms with Crippen molar-refractivity contribution in [3.63, 3.8) is 0 Å². The lowest BCUT2D eigenvalue weighted by molar-refractivity contribution is 0.0343. The Morgan fingerprint density at radius 1 is 1.59 bits per heavy atom. The maximum atomic E-state index is 7.65. The van der Waals surface area contributed by atoms with Crippen LogP contribution >= 0.6 is 27.5 Å². The van der Waals surface area contributed by atoms with Gasteiger partial charge >= 0.3 is 0 Å². The molecule has 2 heterocycles. The van der Waals surface area contributed by atoms with Gasteiger partial charge in [-0.25, -0.2) is 4.98 Å². The molecular formula is C11H13BrClN3O. The highest BCUT2D eigenvalue weighted by Crippen LogP contribution is 2.26. The Labute approximate surface area is 113 Å². The van der Waals surface area contributed by atoms with Gasteiger partial charge in [0.25, 0.3) is 0 Å². The number of nitrogens with zero attached hydrogens (tertiary/aromatic N) is 1. The van der Waals surface area contributed by atoms with Crippen molar-refractivity contribution in [2.45, 2.75) is 25.5 Å². The molecule has 1 unspecified atom stereocenters. The molecule has 17 heavy (non-hydrogen) atoms. The molecule has 2 rings (SSSR count). The summed E-state index contributed by atoms with van der Waals surface area (Å²) in [6.45, 7) is 0.775. The summed E-state index contributed by atoms with van der Waals surface area (Å²) in [5, 5.41) is 11.2. The lowest BCUT2D eigenvalue weighted by atomic mass is 10.1. The van der Waals surface area contributed by atoms with Gasteiger partial charge in [0.2, 0.25) is 0 Å². The second-order valence-electron chi connectivity index (χ2n) is 3.84. The molecule has 1 fully saturated rings.